The zero-order chi connectivity index (χ0) is 13.0. The number of benzene rings is 1. The van der Waals surface area contributed by atoms with Gasteiger partial charge in [0.15, 0.2) is 0 Å². The van der Waals surface area contributed by atoms with Gasteiger partial charge in [0.05, 0.1) is 0 Å². The van der Waals surface area contributed by atoms with Crippen molar-refractivity contribution < 1.29 is 4.79 Å². The van der Waals surface area contributed by atoms with Crippen LogP contribution in [-0.4, -0.2) is 5.78 Å². The van der Waals surface area contributed by atoms with Crippen molar-refractivity contribution in [2.75, 3.05) is 0 Å². The third kappa shape index (κ3) is 1.63. The highest BCUT2D eigenvalue weighted by molar-refractivity contribution is 5.82. The molecule has 0 aliphatic heterocycles. The molecule has 19 heavy (non-hydrogen) atoms. The van der Waals surface area contributed by atoms with E-state index in [0.717, 1.165) is 24.7 Å². The van der Waals surface area contributed by atoms with Gasteiger partial charge in [0, 0.05) is 12.8 Å². The Hall–Kier alpha value is -1.11. The molecule has 0 heterocycles. The lowest BCUT2D eigenvalue weighted by molar-refractivity contribution is -0.118. The summed E-state index contributed by atoms with van der Waals surface area (Å²) in [4.78, 5) is 11.9. The zero-order valence-corrected chi connectivity index (χ0v) is 11.7. The topological polar surface area (TPSA) is 17.1 Å². The van der Waals surface area contributed by atoms with E-state index in [4.69, 9.17) is 0 Å². The normalized spacial score (nSPS) is 40.5. The number of carbonyl (C=O) groups is 1. The van der Waals surface area contributed by atoms with E-state index >= 15 is 0 Å². The number of rotatable bonds is 0. The van der Waals surface area contributed by atoms with Crippen LogP contribution in [0.4, 0.5) is 0 Å². The molecule has 0 saturated heterocycles. The van der Waals surface area contributed by atoms with Gasteiger partial charge in [-0.15, -0.1) is 0 Å². The number of aryl methyl sites for hydroxylation is 1. The van der Waals surface area contributed by atoms with Crippen LogP contribution >= 0.6 is 0 Å². The van der Waals surface area contributed by atoms with Crippen molar-refractivity contribution >= 4 is 5.78 Å². The highest BCUT2D eigenvalue weighted by Crippen LogP contribution is 2.59. The monoisotopic (exact) mass is 254 g/mol. The first-order chi connectivity index (χ1) is 9.17. The molecule has 1 aromatic rings. The van der Waals surface area contributed by atoms with E-state index in [0.29, 0.717) is 17.1 Å². The van der Waals surface area contributed by atoms with Gasteiger partial charge in [-0.3, -0.25) is 4.79 Å². The van der Waals surface area contributed by atoms with Crippen LogP contribution in [0.2, 0.25) is 0 Å². The van der Waals surface area contributed by atoms with Crippen LogP contribution in [0.1, 0.15) is 56.1 Å². The van der Waals surface area contributed by atoms with Crippen LogP contribution in [0.3, 0.4) is 0 Å². The van der Waals surface area contributed by atoms with Crippen LogP contribution in [0.15, 0.2) is 24.3 Å². The summed E-state index contributed by atoms with van der Waals surface area (Å²) < 4.78 is 0. The summed E-state index contributed by atoms with van der Waals surface area (Å²) in [6.45, 7) is 2.37. The molecule has 4 atom stereocenters. The summed E-state index contributed by atoms with van der Waals surface area (Å²) in [6.07, 6.45) is 6.77. The average molecular weight is 254 g/mol. The molecular formula is C18H22O. The number of fused-ring (bicyclic) bond motifs is 5. The van der Waals surface area contributed by atoms with Gasteiger partial charge >= 0.3 is 0 Å². The van der Waals surface area contributed by atoms with E-state index in [1.54, 1.807) is 11.1 Å². The quantitative estimate of drug-likeness (QED) is 0.681. The molecule has 3 aliphatic rings. The Morgan fingerprint density at radius 3 is 2.95 bits per heavy atom. The maximum absolute atomic E-state index is 11.9. The summed E-state index contributed by atoms with van der Waals surface area (Å²) in [5.41, 5.74) is 3.49. The summed E-state index contributed by atoms with van der Waals surface area (Å²) in [6, 6.07) is 9.00. The Bertz CT molecular complexity index is 532. The molecule has 100 valence electrons. The Kier molecular flexibility index (Phi) is 2.43. The van der Waals surface area contributed by atoms with Crippen molar-refractivity contribution in [1.82, 2.24) is 0 Å². The molecule has 1 heteroatoms. The second-order valence-corrected chi connectivity index (χ2v) is 7.23. The second kappa shape index (κ2) is 3.94. The van der Waals surface area contributed by atoms with Gasteiger partial charge in [-0.2, -0.15) is 0 Å². The Morgan fingerprint density at radius 1 is 1.21 bits per heavy atom. The van der Waals surface area contributed by atoms with Crippen molar-refractivity contribution in [2.45, 2.75) is 51.4 Å². The van der Waals surface area contributed by atoms with Crippen LogP contribution < -0.4 is 0 Å². The smallest absolute Gasteiger partial charge is 0.133 e. The van der Waals surface area contributed by atoms with Gasteiger partial charge in [0.1, 0.15) is 5.78 Å². The Morgan fingerprint density at radius 2 is 2.05 bits per heavy atom. The van der Waals surface area contributed by atoms with E-state index in [-0.39, 0.29) is 0 Å². The lowest BCUT2D eigenvalue weighted by Crippen LogP contribution is -2.39. The molecule has 0 amide bonds. The fourth-order valence-corrected chi connectivity index (χ4v) is 5.30. The van der Waals surface area contributed by atoms with E-state index in [9.17, 15) is 4.79 Å². The molecule has 0 radical (unpaired) electrons. The number of Topliss-reactive ketones (excluding diaryl/α,β-unsaturated/α-hetero) is 1. The number of hydrogen-bond donors (Lipinski definition) is 0. The zero-order valence-electron chi connectivity index (χ0n) is 11.7. The van der Waals surface area contributed by atoms with E-state index in [1.165, 1.54) is 25.7 Å². The van der Waals surface area contributed by atoms with Crippen molar-refractivity contribution in [1.29, 1.82) is 0 Å². The Balaban J connectivity index is 1.73. The molecule has 0 unspecified atom stereocenters. The first-order valence-corrected chi connectivity index (χ1v) is 7.77. The van der Waals surface area contributed by atoms with Gasteiger partial charge in [0.25, 0.3) is 0 Å². The van der Waals surface area contributed by atoms with E-state index in [2.05, 4.69) is 31.2 Å². The minimum absolute atomic E-state index is 0.324. The van der Waals surface area contributed by atoms with Crippen LogP contribution in [0.5, 0.6) is 0 Å². The SMILES string of the molecule is C[C@]12CC[C@@H]3c4ccccc4CC[C@H]3[C@@H]1CC(=O)C2. The highest BCUT2D eigenvalue weighted by Gasteiger charge is 2.52. The largest absolute Gasteiger partial charge is 0.300 e. The van der Waals surface area contributed by atoms with Gasteiger partial charge in [-0.05, 0) is 60.0 Å². The molecule has 3 aliphatic carbocycles. The lowest BCUT2D eigenvalue weighted by atomic mass is 9.56. The number of hydrogen-bond acceptors (Lipinski definition) is 1. The predicted octanol–water partition coefficient (Wildman–Crippen LogP) is 4.11. The van der Waals surface area contributed by atoms with Gasteiger partial charge < -0.3 is 0 Å². The van der Waals surface area contributed by atoms with E-state index in [1.807, 2.05) is 0 Å². The molecule has 2 fully saturated rings. The molecule has 1 nitrogen and oxygen atoms in total. The third-order valence-corrected chi connectivity index (χ3v) is 6.21. The van der Waals surface area contributed by atoms with E-state index < -0.39 is 0 Å². The fourth-order valence-electron chi connectivity index (χ4n) is 5.30. The maximum Gasteiger partial charge on any atom is 0.133 e. The molecule has 2 saturated carbocycles. The maximum atomic E-state index is 11.9. The second-order valence-electron chi connectivity index (χ2n) is 7.23. The van der Waals surface area contributed by atoms with Crippen molar-refractivity contribution in [3.05, 3.63) is 35.4 Å². The molecule has 0 bridgehead atoms. The van der Waals surface area contributed by atoms with Gasteiger partial charge in [-0.25, -0.2) is 0 Å². The molecule has 1 aromatic carbocycles. The van der Waals surface area contributed by atoms with Crippen LogP contribution in [0.25, 0.3) is 0 Å². The predicted molar refractivity (Wildman–Crippen MR) is 76.1 cm³/mol. The van der Waals surface area contributed by atoms with Gasteiger partial charge in [-0.1, -0.05) is 31.2 Å². The average Bonchev–Trinajstić information content (AvgIpc) is 2.73. The minimum atomic E-state index is 0.324. The summed E-state index contributed by atoms with van der Waals surface area (Å²) in [5.74, 6) is 2.67. The first-order valence-electron chi connectivity index (χ1n) is 7.77. The van der Waals surface area contributed by atoms with Crippen molar-refractivity contribution in [3.63, 3.8) is 0 Å². The molecule has 0 spiro atoms. The molecule has 4 rings (SSSR count). The standard InChI is InChI=1S/C18H22O/c1-18-9-8-15-14-5-3-2-4-12(14)6-7-16(15)17(18)10-13(19)11-18/h2-5,15-17H,6-11H2,1H3/t15-,16-,17+,18-/m1/s1. The summed E-state index contributed by atoms with van der Waals surface area (Å²) >= 11 is 0. The summed E-state index contributed by atoms with van der Waals surface area (Å²) in [5, 5.41) is 0. The first kappa shape index (κ1) is 11.7. The van der Waals surface area contributed by atoms with Crippen molar-refractivity contribution in [3.8, 4) is 0 Å². The highest BCUT2D eigenvalue weighted by atomic mass is 16.1. The minimum Gasteiger partial charge on any atom is -0.300 e. The number of carbonyl (C=O) groups excluding carboxylic acids is 1. The Labute approximate surface area is 115 Å². The lowest BCUT2D eigenvalue weighted by Gasteiger charge is -2.48. The fraction of sp³-hybridized carbons (Fsp3) is 0.611. The third-order valence-electron chi connectivity index (χ3n) is 6.21. The van der Waals surface area contributed by atoms with Crippen molar-refractivity contribution in [2.24, 2.45) is 17.3 Å². The molecule has 0 aromatic heterocycles. The molecular weight excluding hydrogens is 232 g/mol. The summed E-state index contributed by atoms with van der Waals surface area (Å²) in [7, 11) is 0. The molecule has 0 N–H and O–H groups in total. The van der Waals surface area contributed by atoms with Crippen LogP contribution in [-0.2, 0) is 11.2 Å². The number of ketones is 1. The van der Waals surface area contributed by atoms with Crippen LogP contribution in [0, 0.1) is 17.3 Å². The van der Waals surface area contributed by atoms with Gasteiger partial charge in [0.2, 0.25) is 0 Å².